The number of rotatable bonds is 12. The predicted molar refractivity (Wildman–Crippen MR) is 161 cm³/mol. The molecule has 0 amide bonds. The Kier molecular flexibility index (Phi) is 8.32. The standard InChI is InChI=1S/C28H36N8O2S/c1-6-38-34-33-22-15-23(25(37-5)16-24(22)36(4)13-12-35(2)3)31-28-30-21-11-14-39-27(21)26(32-28)19-17-29-20-10-8-7-9-18(19)20/h7-11,14-16,19,29,33-34H,6,12-13,17H2,1-5H3,(H,30,31,32). The maximum absolute atomic E-state index is 5.82. The van der Waals surface area contributed by atoms with Gasteiger partial charge in [-0.1, -0.05) is 18.2 Å². The van der Waals surface area contributed by atoms with E-state index in [9.17, 15) is 0 Å². The van der Waals surface area contributed by atoms with Gasteiger partial charge in [-0.05, 0) is 50.2 Å². The van der Waals surface area contributed by atoms with Crippen molar-refractivity contribution in [3.63, 3.8) is 0 Å². The SMILES string of the molecule is CCONNc1cc(Nc2nc(C3CNc4ccccc43)c3sccc3n2)c(OC)cc1N(C)CCN(C)C. The molecule has 1 unspecified atom stereocenters. The van der Waals surface area contributed by atoms with Crippen LogP contribution in [0.5, 0.6) is 5.75 Å². The van der Waals surface area contributed by atoms with Gasteiger partial charge in [-0.2, -0.15) is 0 Å². The van der Waals surface area contributed by atoms with Gasteiger partial charge in [0.15, 0.2) is 0 Å². The van der Waals surface area contributed by atoms with Crippen molar-refractivity contribution in [3.05, 3.63) is 59.1 Å². The number of methoxy groups -OCH3 is 1. The molecule has 0 bridgehead atoms. The number of likely N-dealkylation sites (N-methyl/N-ethyl adjacent to an activating group) is 2. The van der Waals surface area contributed by atoms with Crippen molar-refractivity contribution < 1.29 is 9.57 Å². The van der Waals surface area contributed by atoms with Gasteiger partial charge in [0, 0.05) is 44.4 Å². The van der Waals surface area contributed by atoms with E-state index in [1.54, 1.807) is 18.4 Å². The van der Waals surface area contributed by atoms with Gasteiger partial charge in [0.05, 0.1) is 46.7 Å². The maximum atomic E-state index is 5.82. The zero-order chi connectivity index (χ0) is 27.4. The molecule has 2 aromatic heterocycles. The molecule has 4 aromatic rings. The van der Waals surface area contributed by atoms with Gasteiger partial charge < -0.3 is 25.2 Å². The molecule has 0 fully saturated rings. The number of aromatic nitrogens is 2. The Hall–Kier alpha value is -3.64. The summed E-state index contributed by atoms with van der Waals surface area (Å²) >= 11 is 1.68. The van der Waals surface area contributed by atoms with E-state index in [-0.39, 0.29) is 5.92 Å². The van der Waals surface area contributed by atoms with Crippen molar-refractivity contribution in [1.29, 1.82) is 0 Å². The number of benzene rings is 2. The Bertz CT molecular complexity index is 1430. The van der Waals surface area contributed by atoms with E-state index in [0.717, 1.165) is 58.3 Å². The van der Waals surface area contributed by atoms with Crippen molar-refractivity contribution in [2.45, 2.75) is 12.8 Å². The zero-order valence-electron chi connectivity index (χ0n) is 23.0. The van der Waals surface area contributed by atoms with Gasteiger partial charge in [-0.25, -0.2) is 9.97 Å². The van der Waals surface area contributed by atoms with E-state index in [0.29, 0.717) is 18.3 Å². The topological polar surface area (TPSA) is 98.8 Å². The van der Waals surface area contributed by atoms with Crippen LogP contribution in [-0.2, 0) is 4.84 Å². The summed E-state index contributed by atoms with van der Waals surface area (Å²) in [5.41, 5.74) is 12.9. The molecular weight excluding hydrogens is 512 g/mol. The lowest BCUT2D eigenvalue weighted by Gasteiger charge is -2.26. The van der Waals surface area contributed by atoms with Crippen LogP contribution in [0.4, 0.5) is 28.7 Å². The second kappa shape index (κ2) is 12.0. The van der Waals surface area contributed by atoms with Crippen LogP contribution in [0.25, 0.3) is 10.2 Å². The van der Waals surface area contributed by atoms with Gasteiger partial charge in [-0.15, -0.1) is 16.9 Å². The summed E-state index contributed by atoms with van der Waals surface area (Å²) in [4.78, 5) is 19.6. The van der Waals surface area contributed by atoms with Crippen LogP contribution in [0.1, 0.15) is 24.1 Å². The first kappa shape index (κ1) is 26.9. The number of hydrazine groups is 1. The van der Waals surface area contributed by atoms with E-state index in [2.05, 4.69) is 82.2 Å². The van der Waals surface area contributed by atoms with Crippen LogP contribution in [-0.4, -0.2) is 69.4 Å². The summed E-state index contributed by atoms with van der Waals surface area (Å²) in [5, 5.41) is 9.04. The van der Waals surface area contributed by atoms with E-state index in [1.807, 2.05) is 25.1 Å². The number of ether oxygens (including phenoxy) is 1. The predicted octanol–water partition coefficient (Wildman–Crippen LogP) is 4.87. The molecule has 0 saturated carbocycles. The monoisotopic (exact) mass is 548 g/mol. The molecule has 10 nitrogen and oxygen atoms in total. The lowest BCUT2D eigenvalue weighted by Crippen LogP contribution is -2.30. The second-order valence-corrected chi connectivity index (χ2v) is 10.6. The van der Waals surface area contributed by atoms with E-state index in [1.165, 1.54) is 5.56 Å². The van der Waals surface area contributed by atoms with Gasteiger partial charge in [0.25, 0.3) is 0 Å². The molecule has 39 heavy (non-hydrogen) atoms. The molecule has 1 aliphatic rings. The largest absolute Gasteiger partial charge is 0.494 e. The maximum Gasteiger partial charge on any atom is 0.228 e. The first-order valence-corrected chi connectivity index (χ1v) is 13.9. The van der Waals surface area contributed by atoms with Crippen molar-refractivity contribution in [1.82, 2.24) is 20.5 Å². The number of nitrogens with one attached hydrogen (secondary N) is 4. The Morgan fingerprint density at radius 2 is 1.92 bits per heavy atom. The molecule has 206 valence electrons. The van der Waals surface area contributed by atoms with Gasteiger partial charge in [0.2, 0.25) is 5.95 Å². The van der Waals surface area contributed by atoms with Crippen molar-refractivity contribution in [3.8, 4) is 5.75 Å². The molecular formula is C28H36N8O2S. The molecule has 0 saturated heterocycles. The van der Waals surface area contributed by atoms with Crippen LogP contribution >= 0.6 is 11.3 Å². The van der Waals surface area contributed by atoms with Crippen LogP contribution in [0.15, 0.2) is 47.8 Å². The number of hydrogen-bond donors (Lipinski definition) is 4. The Balaban J connectivity index is 1.51. The fourth-order valence-electron chi connectivity index (χ4n) is 4.71. The first-order chi connectivity index (χ1) is 19.0. The summed E-state index contributed by atoms with van der Waals surface area (Å²) in [6.45, 7) is 5.00. The molecule has 2 aromatic carbocycles. The highest BCUT2D eigenvalue weighted by molar-refractivity contribution is 7.17. The minimum absolute atomic E-state index is 0.146. The number of thiophene rings is 1. The van der Waals surface area contributed by atoms with Gasteiger partial charge in [0.1, 0.15) is 5.75 Å². The Morgan fingerprint density at radius 1 is 1.08 bits per heavy atom. The Labute approximate surface area is 233 Å². The number of hydrogen-bond acceptors (Lipinski definition) is 11. The second-order valence-electron chi connectivity index (χ2n) is 9.67. The van der Waals surface area contributed by atoms with Gasteiger partial charge in [-0.3, -0.25) is 10.3 Å². The van der Waals surface area contributed by atoms with Crippen molar-refractivity contribution in [2.24, 2.45) is 0 Å². The summed E-state index contributed by atoms with van der Waals surface area (Å²) in [7, 11) is 7.86. The number of nitrogens with zero attached hydrogens (tertiary/aromatic N) is 4. The van der Waals surface area contributed by atoms with Crippen LogP contribution in [0.2, 0.25) is 0 Å². The quantitative estimate of drug-likeness (QED) is 0.145. The highest BCUT2D eigenvalue weighted by atomic mass is 32.1. The fraction of sp³-hybridized carbons (Fsp3) is 0.357. The first-order valence-electron chi connectivity index (χ1n) is 13.0. The molecule has 1 atom stereocenters. The average Bonchev–Trinajstić information content (AvgIpc) is 3.59. The minimum Gasteiger partial charge on any atom is -0.494 e. The molecule has 1 aliphatic heterocycles. The number of fused-ring (bicyclic) bond motifs is 2. The third kappa shape index (κ3) is 5.86. The molecule has 4 N–H and O–H groups in total. The van der Waals surface area contributed by atoms with Crippen LogP contribution < -0.4 is 31.3 Å². The minimum atomic E-state index is 0.146. The number of para-hydroxylation sites is 1. The van der Waals surface area contributed by atoms with Crippen LogP contribution in [0.3, 0.4) is 0 Å². The zero-order valence-corrected chi connectivity index (χ0v) is 23.9. The summed E-state index contributed by atoms with van der Waals surface area (Å²) in [6.07, 6.45) is 0. The molecule has 11 heteroatoms. The fourth-order valence-corrected chi connectivity index (χ4v) is 5.59. The Morgan fingerprint density at radius 3 is 2.72 bits per heavy atom. The lowest BCUT2D eigenvalue weighted by atomic mass is 9.97. The average molecular weight is 549 g/mol. The third-order valence-corrected chi connectivity index (χ3v) is 7.68. The van der Waals surface area contributed by atoms with Crippen molar-refractivity contribution >= 4 is 50.3 Å². The highest BCUT2D eigenvalue weighted by Gasteiger charge is 2.28. The van der Waals surface area contributed by atoms with Gasteiger partial charge >= 0.3 is 0 Å². The molecule has 0 radical (unpaired) electrons. The molecule has 0 spiro atoms. The number of anilines is 5. The van der Waals surface area contributed by atoms with E-state index < -0.39 is 0 Å². The van der Waals surface area contributed by atoms with Crippen molar-refractivity contribution in [2.75, 3.05) is 75.5 Å². The molecule has 5 rings (SSSR count). The van der Waals surface area contributed by atoms with E-state index >= 15 is 0 Å². The normalized spacial score (nSPS) is 14.4. The van der Waals surface area contributed by atoms with E-state index in [4.69, 9.17) is 19.5 Å². The lowest BCUT2D eigenvalue weighted by molar-refractivity contribution is 0.0677. The third-order valence-electron chi connectivity index (χ3n) is 6.75. The summed E-state index contributed by atoms with van der Waals surface area (Å²) < 4.78 is 6.93. The smallest absolute Gasteiger partial charge is 0.228 e. The molecule has 0 aliphatic carbocycles. The summed E-state index contributed by atoms with van der Waals surface area (Å²) in [5.74, 6) is 1.36. The summed E-state index contributed by atoms with van der Waals surface area (Å²) in [6, 6.07) is 14.5. The molecule has 3 heterocycles. The van der Waals surface area contributed by atoms with Crippen LogP contribution in [0, 0.1) is 0 Å². The highest BCUT2D eigenvalue weighted by Crippen LogP contribution is 2.41.